The lowest BCUT2D eigenvalue weighted by Crippen LogP contribution is -2.46. The maximum absolute atomic E-state index is 6.24. The van der Waals surface area contributed by atoms with Gasteiger partial charge in [-0.1, -0.05) is 23.7 Å². The molecule has 1 unspecified atom stereocenters. The summed E-state index contributed by atoms with van der Waals surface area (Å²) in [5, 5.41) is 10.8. The van der Waals surface area contributed by atoms with Crippen LogP contribution in [0.5, 0.6) is 0 Å². The molecule has 8 heteroatoms. The van der Waals surface area contributed by atoms with Crippen LogP contribution in [0.25, 0.3) is 0 Å². The minimum Gasteiger partial charge on any atom is -0.379 e. The number of aliphatic imine (C=N–C) groups is 1. The van der Waals surface area contributed by atoms with Crippen LogP contribution in [0.15, 0.2) is 34.6 Å². The Morgan fingerprint density at radius 2 is 2.18 bits per heavy atom. The van der Waals surface area contributed by atoms with E-state index in [0.29, 0.717) is 0 Å². The Balaban J connectivity index is 1.57. The molecule has 1 aliphatic rings. The van der Waals surface area contributed by atoms with E-state index in [1.807, 2.05) is 25.1 Å². The maximum atomic E-state index is 6.24. The highest BCUT2D eigenvalue weighted by atomic mass is 35.5. The largest absolute Gasteiger partial charge is 0.379 e. The minimum atomic E-state index is 0.211. The summed E-state index contributed by atoms with van der Waals surface area (Å²) in [4.78, 5) is 11.3. The number of halogens is 1. The van der Waals surface area contributed by atoms with Crippen molar-refractivity contribution in [2.75, 3.05) is 46.4 Å². The summed E-state index contributed by atoms with van der Waals surface area (Å²) < 4.78 is 5.52. The topological polar surface area (TPSA) is 61.8 Å². The molecule has 2 heterocycles. The van der Waals surface area contributed by atoms with Gasteiger partial charge in [-0.05, 0) is 24.6 Å². The molecule has 1 aliphatic heterocycles. The summed E-state index contributed by atoms with van der Waals surface area (Å²) in [5.74, 6) is 0.798. The molecule has 0 spiro atoms. The second-order valence-electron chi connectivity index (χ2n) is 6.71. The van der Waals surface area contributed by atoms with Crippen molar-refractivity contribution in [1.82, 2.24) is 20.5 Å². The zero-order valence-corrected chi connectivity index (χ0v) is 18.0. The molecule has 0 aliphatic carbocycles. The average molecular weight is 422 g/mol. The van der Waals surface area contributed by atoms with Crippen LogP contribution in [0.2, 0.25) is 5.02 Å². The van der Waals surface area contributed by atoms with E-state index in [9.17, 15) is 0 Å². The maximum Gasteiger partial charge on any atom is 0.191 e. The lowest BCUT2D eigenvalue weighted by Gasteiger charge is -2.35. The Morgan fingerprint density at radius 1 is 1.36 bits per heavy atom. The minimum absolute atomic E-state index is 0.211. The van der Waals surface area contributed by atoms with Crippen LogP contribution in [-0.2, 0) is 11.2 Å². The van der Waals surface area contributed by atoms with Gasteiger partial charge < -0.3 is 15.4 Å². The summed E-state index contributed by atoms with van der Waals surface area (Å²) in [6, 6.07) is 8.31. The number of ether oxygens (including phenoxy) is 1. The van der Waals surface area contributed by atoms with Gasteiger partial charge in [0.15, 0.2) is 5.96 Å². The van der Waals surface area contributed by atoms with E-state index >= 15 is 0 Å². The Bertz CT molecular complexity index is 775. The van der Waals surface area contributed by atoms with E-state index in [2.05, 4.69) is 37.0 Å². The standard InChI is InChI=1S/C20H28ClN5OS/c1-15-25-18(14-28-15)6-7-23-20(22-2)24-13-19(26-8-10-27-11-9-26)16-4-3-5-17(21)12-16/h3-5,12,14,19H,6-11,13H2,1-2H3,(H2,22,23,24). The number of benzene rings is 1. The van der Waals surface area contributed by atoms with Crippen molar-refractivity contribution in [2.24, 2.45) is 4.99 Å². The number of nitrogens with one attached hydrogen (secondary N) is 2. The fourth-order valence-corrected chi connectivity index (χ4v) is 4.15. The molecular formula is C20H28ClN5OS. The molecule has 1 fully saturated rings. The van der Waals surface area contributed by atoms with Crippen LogP contribution < -0.4 is 10.6 Å². The molecule has 0 radical (unpaired) electrons. The van der Waals surface area contributed by atoms with E-state index in [1.165, 1.54) is 5.56 Å². The van der Waals surface area contributed by atoms with Gasteiger partial charge in [0.2, 0.25) is 0 Å². The van der Waals surface area contributed by atoms with Gasteiger partial charge in [-0.15, -0.1) is 11.3 Å². The van der Waals surface area contributed by atoms with Gasteiger partial charge in [0.1, 0.15) is 0 Å². The van der Waals surface area contributed by atoms with Gasteiger partial charge in [-0.25, -0.2) is 4.98 Å². The summed E-state index contributed by atoms with van der Waals surface area (Å²) in [6.07, 6.45) is 0.881. The molecule has 6 nitrogen and oxygen atoms in total. The highest BCUT2D eigenvalue weighted by Crippen LogP contribution is 2.23. The molecule has 152 valence electrons. The predicted octanol–water partition coefficient (Wildman–Crippen LogP) is 2.89. The van der Waals surface area contributed by atoms with E-state index in [-0.39, 0.29) is 6.04 Å². The number of thiazole rings is 1. The quantitative estimate of drug-likeness (QED) is 0.531. The summed E-state index contributed by atoms with van der Waals surface area (Å²) in [7, 11) is 1.80. The zero-order chi connectivity index (χ0) is 19.8. The van der Waals surface area contributed by atoms with Crippen molar-refractivity contribution >= 4 is 28.9 Å². The number of hydrogen-bond donors (Lipinski definition) is 2. The van der Waals surface area contributed by atoms with Crippen LogP contribution in [0.3, 0.4) is 0 Å². The first-order valence-corrected chi connectivity index (χ1v) is 10.8. The van der Waals surface area contributed by atoms with Crippen LogP contribution >= 0.6 is 22.9 Å². The van der Waals surface area contributed by atoms with Crippen LogP contribution in [0.4, 0.5) is 0 Å². The average Bonchev–Trinajstić information content (AvgIpc) is 3.13. The van der Waals surface area contributed by atoms with E-state index < -0.39 is 0 Å². The van der Waals surface area contributed by atoms with Crippen molar-refractivity contribution in [3.05, 3.63) is 50.9 Å². The van der Waals surface area contributed by atoms with Gasteiger partial charge in [-0.3, -0.25) is 9.89 Å². The van der Waals surface area contributed by atoms with Crippen molar-refractivity contribution in [2.45, 2.75) is 19.4 Å². The molecule has 0 amide bonds. The summed E-state index contributed by atoms with van der Waals surface area (Å²) in [6.45, 7) is 6.91. The predicted molar refractivity (Wildman–Crippen MR) is 117 cm³/mol. The van der Waals surface area contributed by atoms with Crippen molar-refractivity contribution < 1.29 is 4.74 Å². The van der Waals surface area contributed by atoms with Crippen molar-refractivity contribution in [3.63, 3.8) is 0 Å². The number of guanidine groups is 1. The molecule has 3 rings (SSSR count). The number of hydrogen-bond acceptors (Lipinski definition) is 5. The van der Waals surface area contributed by atoms with Crippen molar-refractivity contribution in [1.29, 1.82) is 0 Å². The second-order valence-corrected chi connectivity index (χ2v) is 8.21. The number of morpholine rings is 1. The van der Waals surface area contributed by atoms with Gasteiger partial charge >= 0.3 is 0 Å². The summed E-state index contributed by atoms with van der Waals surface area (Å²) in [5.41, 5.74) is 2.32. The number of aromatic nitrogens is 1. The first-order valence-electron chi connectivity index (χ1n) is 9.58. The molecule has 0 bridgehead atoms. The fraction of sp³-hybridized carbons (Fsp3) is 0.500. The normalized spacial score (nSPS) is 16.8. The van der Waals surface area contributed by atoms with Crippen LogP contribution in [-0.4, -0.2) is 62.3 Å². The molecule has 28 heavy (non-hydrogen) atoms. The molecule has 2 N–H and O–H groups in total. The third-order valence-electron chi connectivity index (χ3n) is 4.75. The third-order valence-corrected chi connectivity index (χ3v) is 5.80. The van der Waals surface area contributed by atoms with Gasteiger partial charge in [0, 0.05) is 50.1 Å². The van der Waals surface area contributed by atoms with Crippen LogP contribution in [0, 0.1) is 6.92 Å². The third kappa shape index (κ3) is 6.17. The smallest absolute Gasteiger partial charge is 0.191 e. The highest BCUT2D eigenvalue weighted by Gasteiger charge is 2.23. The molecular weight excluding hydrogens is 394 g/mol. The molecule has 2 aromatic rings. The number of rotatable bonds is 7. The molecule has 1 aromatic heterocycles. The molecule has 1 aromatic carbocycles. The van der Waals surface area contributed by atoms with Crippen molar-refractivity contribution in [3.8, 4) is 0 Å². The van der Waals surface area contributed by atoms with E-state index in [4.69, 9.17) is 16.3 Å². The van der Waals surface area contributed by atoms with E-state index in [0.717, 1.165) is 67.5 Å². The van der Waals surface area contributed by atoms with Crippen LogP contribution in [0.1, 0.15) is 22.3 Å². The lowest BCUT2D eigenvalue weighted by molar-refractivity contribution is 0.0170. The fourth-order valence-electron chi connectivity index (χ4n) is 3.31. The zero-order valence-electron chi connectivity index (χ0n) is 16.4. The van der Waals surface area contributed by atoms with Gasteiger partial charge in [0.25, 0.3) is 0 Å². The summed E-state index contributed by atoms with van der Waals surface area (Å²) >= 11 is 7.93. The lowest BCUT2D eigenvalue weighted by atomic mass is 10.0. The Labute approximate surface area is 176 Å². The Hall–Kier alpha value is -1.67. The first-order chi connectivity index (χ1) is 13.7. The van der Waals surface area contributed by atoms with E-state index in [1.54, 1.807) is 18.4 Å². The number of aryl methyl sites for hydroxylation is 1. The van der Waals surface area contributed by atoms with Gasteiger partial charge in [-0.2, -0.15) is 0 Å². The monoisotopic (exact) mass is 421 g/mol. The molecule has 1 saturated heterocycles. The highest BCUT2D eigenvalue weighted by molar-refractivity contribution is 7.09. The number of nitrogens with zero attached hydrogens (tertiary/aromatic N) is 3. The van der Waals surface area contributed by atoms with Gasteiger partial charge in [0.05, 0.1) is 30.0 Å². The Morgan fingerprint density at radius 3 is 2.86 bits per heavy atom. The molecule has 0 saturated carbocycles. The first kappa shape index (κ1) is 21.0. The SMILES string of the molecule is CN=C(NCCc1csc(C)n1)NCC(c1cccc(Cl)c1)N1CCOCC1. The molecule has 1 atom stereocenters. The Kier molecular flexibility index (Phi) is 8.09. The second kappa shape index (κ2) is 10.8.